The number of piperazine rings is 1. The van der Waals surface area contributed by atoms with E-state index in [4.69, 9.17) is 16.3 Å². The van der Waals surface area contributed by atoms with Crippen molar-refractivity contribution in [2.45, 2.75) is 32.0 Å². The van der Waals surface area contributed by atoms with Crippen molar-refractivity contribution < 1.29 is 14.6 Å². The van der Waals surface area contributed by atoms with Crippen LogP contribution in [-0.2, 0) is 9.53 Å². The highest BCUT2D eigenvalue weighted by Gasteiger charge is 2.30. The molecular weight excluding hydrogens is 515 g/mol. The number of nitrogens with zero attached hydrogens (tertiary/aromatic N) is 3. The number of aliphatic imine (C=N–C) groups is 1. The number of amides is 1. The van der Waals surface area contributed by atoms with E-state index < -0.39 is 6.10 Å². The van der Waals surface area contributed by atoms with Gasteiger partial charge in [0.1, 0.15) is 12.2 Å². The van der Waals surface area contributed by atoms with Gasteiger partial charge in [-0.2, -0.15) is 0 Å². The molecule has 2 unspecified atom stereocenters. The lowest BCUT2D eigenvalue weighted by Crippen LogP contribution is -2.55. The van der Waals surface area contributed by atoms with Crippen molar-refractivity contribution in [1.82, 2.24) is 15.1 Å². The van der Waals surface area contributed by atoms with E-state index in [2.05, 4.69) is 15.2 Å². The van der Waals surface area contributed by atoms with Crippen molar-refractivity contribution in [3.63, 3.8) is 0 Å². The smallest absolute Gasteiger partial charge is 0.251 e. The number of hydrogen-bond donors (Lipinski definition) is 2. The lowest BCUT2D eigenvalue weighted by atomic mass is 10.2. The molecule has 1 aromatic heterocycles. The van der Waals surface area contributed by atoms with Gasteiger partial charge in [0.05, 0.1) is 10.9 Å². The molecule has 0 radical (unpaired) electrons. The summed E-state index contributed by atoms with van der Waals surface area (Å²) in [4.78, 5) is 21.9. The number of ether oxygens (including phenoxy) is 1. The van der Waals surface area contributed by atoms with Gasteiger partial charge in [0.2, 0.25) is 0 Å². The molecular formula is C18H28ClIN4O3S. The third-order valence-corrected chi connectivity index (χ3v) is 6.10. The van der Waals surface area contributed by atoms with E-state index in [0.29, 0.717) is 37.1 Å². The van der Waals surface area contributed by atoms with Crippen LogP contribution in [-0.4, -0.2) is 78.8 Å². The third kappa shape index (κ3) is 6.19. The van der Waals surface area contributed by atoms with Crippen molar-refractivity contribution >= 4 is 58.8 Å². The van der Waals surface area contributed by atoms with Gasteiger partial charge in [-0.15, -0.1) is 35.3 Å². The molecule has 7 nitrogen and oxygen atoms in total. The summed E-state index contributed by atoms with van der Waals surface area (Å²) in [6.07, 6.45) is 0.865. The quantitative estimate of drug-likeness (QED) is 0.339. The van der Waals surface area contributed by atoms with E-state index in [9.17, 15) is 9.90 Å². The highest BCUT2D eigenvalue weighted by Crippen LogP contribution is 2.27. The standard InChI is InChI=1S/C18H27ClN4O3S.HI/c1-2-20-18(21-12-13(24)15-5-6-16(19)27-15)23-9-7-22(8-10-23)17(25)14-4-3-11-26-14;/h5-6,13-14,24H,2-4,7-12H2,1H3,(H,20,21);1H. The maximum Gasteiger partial charge on any atom is 0.251 e. The minimum absolute atomic E-state index is 0. The lowest BCUT2D eigenvalue weighted by Gasteiger charge is -2.37. The maximum absolute atomic E-state index is 12.5. The van der Waals surface area contributed by atoms with Crippen molar-refractivity contribution in [2.75, 3.05) is 45.9 Å². The first kappa shape index (κ1) is 23.7. The third-order valence-electron chi connectivity index (χ3n) is 4.77. The molecule has 3 heterocycles. The monoisotopic (exact) mass is 542 g/mol. The second-order valence-electron chi connectivity index (χ2n) is 6.67. The number of aliphatic hydroxyl groups excluding tert-OH is 1. The number of guanidine groups is 1. The van der Waals surface area contributed by atoms with Crippen LogP contribution in [0.2, 0.25) is 4.34 Å². The summed E-state index contributed by atoms with van der Waals surface area (Å²) in [6.45, 7) is 6.46. The molecule has 1 amide bonds. The van der Waals surface area contributed by atoms with E-state index in [-0.39, 0.29) is 42.5 Å². The first-order valence-corrected chi connectivity index (χ1v) is 10.6. The summed E-state index contributed by atoms with van der Waals surface area (Å²) in [7, 11) is 0. The molecule has 2 N–H and O–H groups in total. The van der Waals surface area contributed by atoms with Gasteiger partial charge in [-0.25, -0.2) is 0 Å². The Labute approximate surface area is 192 Å². The zero-order chi connectivity index (χ0) is 19.2. The zero-order valence-electron chi connectivity index (χ0n) is 16.0. The number of nitrogens with one attached hydrogen (secondary N) is 1. The normalized spacial score (nSPS) is 21.4. The molecule has 2 aliphatic rings. The van der Waals surface area contributed by atoms with E-state index in [1.165, 1.54) is 11.3 Å². The highest BCUT2D eigenvalue weighted by atomic mass is 127. The summed E-state index contributed by atoms with van der Waals surface area (Å²) >= 11 is 7.30. The number of hydrogen-bond acceptors (Lipinski definition) is 5. The number of thiophene rings is 1. The summed E-state index contributed by atoms with van der Waals surface area (Å²) in [5.41, 5.74) is 0. The van der Waals surface area contributed by atoms with Crippen molar-refractivity contribution in [3.05, 3.63) is 21.3 Å². The highest BCUT2D eigenvalue weighted by molar-refractivity contribution is 14.0. The average Bonchev–Trinajstić information content (AvgIpc) is 3.36. The molecule has 10 heteroatoms. The Hall–Kier alpha value is -0.620. The Morgan fingerprint density at radius 2 is 2.11 bits per heavy atom. The molecule has 3 rings (SSSR count). The Bertz CT molecular complexity index is 661. The van der Waals surface area contributed by atoms with Crippen LogP contribution in [0.25, 0.3) is 0 Å². The molecule has 0 aromatic carbocycles. The fraction of sp³-hybridized carbons (Fsp3) is 0.667. The van der Waals surface area contributed by atoms with Gasteiger partial charge in [-0.3, -0.25) is 9.79 Å². The number of halogens is 2. The van der Waals surface area contributed by atoms with Crippen LogP contribution in [0.15, 0.2) is 17.1 Å². The lowest BCUT2D eigenvalue weighted by molar-refractivity contribution is -0.142. The fourth-order valence-electron chi connectivity index (χ4n) is 3.31. The zero-order valence-corrected chi connectivity index (χ0v) is 19.9. The summed E-state index contributed by atoms with van der Waals surface area (Å²) in [6, 6.07) is 3.61. The molecule has 0 spiro atoms. The van der Waals surface area contributed by atoms with Crippen LogP contribution in [0.4, 0.5) is 0 Å². The van der Waals surface area contributed by atoms with Crippen LogP contribution in [0.5, 0.6) is 0 Å². The number of rotatable bonds is 5. The summed E-state index contributed by atoms with van der Waals surface area (Å²) < 4.78 is 6.17. The van der Waals surface area contributed by atoms with Gasteiger partial charge in [0, 0.05) is 44.2 Å². The predicted molar refractivity (Wildman–Crippen MR) is 123 cm³/mol. The van der Waals surface area contributed by atoms with Crippen molar-refractivity contribution in [2.24, 2.45) is 4.99 Å². The molecule has 1 aromatic rings. The van der Waals surface area contributed by atoms with Gasteiger partial charge in [-0.05, 0) is 31.9 Å². The maximum atomic E-state index is 12.5. The Kier molecular flexibility index (Phi) is 9.75. The number of carbonyl (C=O) groups excluding carboxylic acids is 1. The topological polar surface area (TPSA) is 77.4 Å². The first-order chi connectivity index (χ1) is 13.1. The van der Waals surface area contributed by atoms with E-state index >= 15 is 0 Å². The molecule has 2 saturated heterocycles. The number of aliphatic hydroxyl groups is 1. The Balaban J connectivity index is 0.00000280. The van der Waals surface area contributed by atoms with E-state index in [1.54, 1.807) is 6.07 Å². The molecule has 2 aliphatic heterocycles. The summed E-state index contributed by atoms with van der Waals surface area (Å²) in [5, 5.41) is 13.6. The minimum Gasteiger partial charge on any atom is -0.386 e. The average molecular weight is 543 g/mol. The molecule has 0 aliphatic carbocycles. The molecule has 0 bridgehead atoms. The summed E-state index contributed by atoms with van der Waals surface area (Å²) in [5.74, 6) is 0.877. The van der Waals surface area contributed by atoms with Crippen molar-refractivity contribution in [1.29, 1.82) is 0 Å². The van der Waals surface area contributed by atoms with Crippen molar-refractivity contribution in [3.8, 4) is 0 Å². The molecule has 28 heavy (non-hydrogen) atoms. The molecule has 2 fully saturated rings. The van der Waals surface area contributed by atoms with Crippen LogP contribution >= 0.6 is 46.9 Å². The van der Waals surface area contributed by atoms with Crippen LogP contribution in [0, 0.1) is 0 Å². The van der Waals surface area contributed by atoms with Gasteiger partial charge in [0.25, 0.3) is 5.91 Å². The molecule has 2 atom stereocenters. The van der Waals surface area contributed by atoms with Crippen LogP contribution < -0.4 is 5.32 Å². The van der Waals surface area contributed by atoms with E-state index in [1.807, 2.05) is 17.9 Å². The van der Waals surface area contributed by atoms with Gasteiger partial charge >= 0.3 is 0 Å². The Morgan fingerprint density at radius 3 is 2.68 bits per heavy atom. The number of carbonyl (C=O) groups is 1. The van der Waals surface area contributed by atoms with Gasteiger partial charge in [-0.1, -0.05) is 11.6 Å². The fourth-order valence-corrected chi connectivity index (χ4v) is 4.35. The Morgan fingerprint density at radius 1 is 1.39 bits per heavy atom. The van der Waals surface area contributed by atoms with Crippen LogP contribution in [0.3, 0.4) is 0 Å². The predicted octanol–water partition coefficient (Wildman–Crippen LogP) is 2.34. The minimum atomic E-state index is -0.668. The van der Waals surface area contributed by atoms with E-state index in [0.717, 1.165) is 30.2 Å². The molecule has 158 valence electrons. The second-order valence-corrected chi connectivity index (χ2v) is 8.41. The SMILES string of the molecule is CCNC(=NCC(O)c1ccc(Cl)s1)N1CCN(C(=O)C2CCCO2)CC1.I. The van der Waals surface area contributed by atoms with Crippen LogP contribution in [0.1, 0.15) is 30.7 Å². The second kappa shape index (κ2) is 11.5. The molecule has 0 saturated carbocycles. The van der Waals surface area contributed by atoms with Gasteiger partial charge < -0.3 is 25.0 Å². The first-order valence-electron chi connectivity index (χ1n) is 9.45. The van der Waals surface area contributed by atoms with Gasteiger partial charge in [0.15, 0.2) is 5.96 Å². The largest absolute Gasteiger partial charge is 0.386 e.